The van der Waals surface area contributed by atoms with Crippen molar-refractivity contribution in [2.45, 2.75) is 59.2 Å². The molecule has 0 bridgehead atoms. The van der Waals surface area contributed by atoms with Crippen LogP contribution in [0.3, 0.4) is 0 Å². The summed E-state index contributed by atoms with van der Waals surface area (Å²) in [5.74, 6) is 0.836. The third-order valence-corrected chi connectivity index (χ3v) is 4.08. The molecule has 0 spiro atoms. The van der Waals surface area contributed by atoms with Crippen molar-refractivity contribution in [2.75, 3.05) is 6.61 Å². The van der Waals surface area contributed by atoms with E-state index in [0.717, 1.165) is 40.8 Å². The van der Waals surface area contributed by atoms with Crippen molar-refractivity contribution in [1.82, 2.24) is 0 Å². The van der Waals surface area contributed by atoms with Crippen LogP contribution >= 0.6 is 0 Å². The molecule has 0 aliphatic carbocycles. The summed E-state index contributed by atoms with van der Waals surface area (Å²) < 4.78 is 11.5. The highest BCUT2D eigenvalue weighted by molar-refractivity contribution is 5.55. The lowest BCUT2D eigenvalue weighted by Crippen LogP contribution is -2.07. The fourth-order valence-electron chi connectivity index (χ4n) is 2.79. The van der Waals surface area contributed by atoms with Crippen molar-refractivity contribution in [3.63, 3.8) is 0 Å². The first-order chi connectivity index (χ1) is 9.86. The molecule has 0 aromatic heterocycles. The quantitative estimate of drug-likeness (QED) is 0.465. The topological polar surface area (TPSA) is 49.2 Å². The SMILES string of the molecule is Cc1cc(C)c(OCCCC2OC2(C)C)c(C)c1C#[N+][O-]. The lowest BCUT2D eigenvalue weighted by Gasteiger charge is -2.14. The predicted molar refractivity (Wildman–Crippen MR) is 84.1 cm³/mol. The van der Waals surface area contributed by atoms with E-state index in [4.69, 9.17) is 9.47 Å². The molecular formula is C17H23NO3. The molecule has 0 amide bonds. The molecule has 1 aromatic rings. The Morgan fingerprint density at radius 1 is 1.33 bits per heavy atom. The van der Waals surface area contributed by atoms with E-state index < -0.39 is 0 Å². The number of hydrogen-bond donors (Lipinski definition) is 0. The monoisotopic (exact) mass is 289 g/mol. The van der Waals surface area contributed by atoms with Crippen LogP contribution in [0.5, 0.6) is 5.75 Å². The second kappa shape index (κ2) is 5.95. The van der Waals surface area contributed by atoms with Gasteiger partial charge in [-0.15, -0.1) is 0 Å². The van der Waals surface area contributed by atoms with E-state index in [1.54, 1.807) is 0 Å². The molecule has 1 saturated heterocycles. The van der Waals surface area contributed by atoms with E-state index in [-0.39, 0.29) is 5.60 Å². The first kappa shape index (κ1) is 15.7. The van der Waals surface area contributed by atoms with Crippen LogP contribution in [0.2, 0.25) is 0 Å². The van der Waals surface area contributed by atoms with Gasteiger partial charge in [-0.2, -0.15) is 0 Å². The van der Waals surface area contributed by atoms with E-state index in [1.807, 2.05) is 26.8 Å². The van der Waals surface area contributed by atoms with Crippen LogP contribution in [-0.4, -0.2) is 18.3 Å². The van der Waals surface area contributed by atoms with Gasteiger partial charge in [-0.05, 0) is 58.6 Å². The molecule has 1 aliphatic rings. The highest BCUT2D eigenvalue weighted by Gasteiger charge is 2.46. The maximum atomic E-state index is 10.5. The zero-order chi connectivity index (χ0) is 15.6. The third-order valence-electron chi connectivity index (χ3n) is 4.08. The number of rotatable bonds is 5. The Labute approximate surface area is 126 Å². The summed E-state index contributed by atoms with van der Waals surface area (Å²) in [6.07, 6.45) is 2.32. The van der Waals surface area contributed by atoms with E-state index >= 15 is 0 Å². The Morgan fingerprint density at radius 2 is 2.00 bits per heavy atom. The number of aryl methyl sites for hydroxylation is 2. The fraction of sp³-hybridized carbons (Fsp3) is 0.588. The highest BCUT2D eigenvalue weighted by atomic mass is 16.6. The van der Waals surface area contributed by atoms with Crippen molar-refractivity contribution in [3.05, 3.63) is 38.5 Å². The van der Waals surface area contributed by atoms with Gasteiger partial charge < -0.3 is 14.7 Å². The Kier molecular flexibility index (Phi) is 4.43. The van der Waals surface area contributed by atoms with Gasteiger partial charge in [-0.25, -0.2) is 0 Å². The predicted octanol–water partition coefficient (Wildman–Crippen LogP) is 4.13. The Bertz CT molecular complexity index is 596. The second-order valence-electron chi connectivity index (χ2n) is 6.24. The van der Waals surface area contributed by atoms with Gasteiger partial charge in [0.1, 0.15) is 11.3 Å². The van der Waals surface area contributed by atoms with Gasteiger partial charge in [0.15, 0.2) is 0 Å². The van der Waals surface area contributed by atoms with E-state index in [9.17, 15) is 5.21 Å². The second-order valence-corrected chi connectivity index (χ2v) is 6.24. The van der Waals surface area contributed by atoms with Crippen LogP contribution in [-0.2, 0) is 4.74 Å². The molecule has 0 saturated carbocycles. The lowest BCUT2D eigenvalue weighted by molar-refractivity contribution is 0.284. The van der Waals surface area contributed by atoms with Gasteiger partial charge in [0.25, 0.3) is 0 Å². The summed E-state index contributed by atoms with van der Waals surface area (Å²) >= 11 is 0. The zero-order valence-electron chi connectivity index (χ0n) is 13.4. The van der Waals surface area contributed by atoms with Crippen LogP contribution in [0.4, 0.5) is 0 Å². The summed E-state index contributed by atoms with van der Waals surface area (Å²) in [5.41, 5.74) is 3.77. The molecule has 0 N–H and O–H groups in total. The van der Waals surface area contributed by atoms with Crippen LogP contribution in [0, 0.1) is 32.0 Å². The molecule has 1 heterocycles. The fourth-order valence-corrected chi connectivity index (χ4v) is 2.79. The minimum absolute atomic E-state index is 0.0441. The van der Waals surface area contributed by atoms with E-state index in [1.165, 1.54) is 0 Å². The van der Waals surface area contributed by atoms with Gasteiger partial charge >= 0.3 is 6.07 Å². The number of nitrogens with zero attached hydrogens (tertiary/aromatic N) is 1. The van der Waals surface area contributed by atoms with Crippen LogP contribution in [0.25, 0.3) is 5.01 Å². The maximum Gasteiger partial charge on any atom is 0.337 e. The molecule has 114 valence electrons. The van der Waals surface area contributed by atoms with E-state index in [0.29, 0.717) is 12.7 Å². The van der Waals surface area contributed by atoms with Crippen molar-refractivity contribution >= 4 is 0 Å². The summed E-state index contributed by atoms with van der Waals surface area (Å²) in [5, 5.41) is 13.2. The molecule has 2 rings (SSSR count). The minimum atomic E-state index is 0.0441. The molecule has 1 atom stereocenters. The zero-order valence-corrected chi connectivity index (χ0v) is 13.4. The average Bonchev–Trinajstić information content (AvgIpc) is 3.01. The molecule has 4 nitrogen and oxygen atoms in total. The summed E-state index contributed by atoms with van der Waals surface area (Å²) in [7, 11) is 0. The Balaban J connectivity index is 1.99. The van der Waals surface area contributed by atoms with Crippen molar-refractivity contribution < 1.29 is 9.47 Å². The number of ether oxygens (including phenoxy) is 2. The van der Waals surface area contributed by atoms with E-state index in [2.05, 4.69) is 24.9 Å². The van der Waals surface area contributed by atoms with Gasteiger partial charge in [0.05, 0.1) is 18.3 Å². The lowest BCUT2D eigenvalue weighted by atomic mass is 9.99. The molecule has 1 fully saturated rings. The first-order valence-electron chi connectivity index (χ1n) is 7.36. The van der Waals surface area contributed by atoms with Crippen LogP contribution in [0.15, 0.2) is 6.07 Å². The summed E-state index contributed by atoms with van der Waals surface area (Å²) in [6.45, 7) is 10.8. The van der Waals surface area contributed by atoms with Crippen molar-refractivity contribution in [3.8, 4) is 11.8 Å². The largest absolute Gasteiger partial charge is 0.498 e. The first-order valence-corrected chi connectivity index (χ1v) is 7.36. The molecular weight excluding hydrogens is 266 g/mol. The van der Waals surface area contributed by atoms with Crippen LogP contribution in [0.1, 0.15) is 48.9 Å². The third kappa shape index (κ3) is 3.48. The molecule has 1 aliphatic heterocycles. The highest BCUT2D eigenvalue weighted by Crippen LogP contribution is 2.38. The van der Waals surface area contributed by atoms with Gasteiger partial charge in [0.2, 0.25) is 0 Å². The molecule has 0 radical (unpaired) electrons. The van der Waals surface area contributed by atoms with Gasteiger partial charge in [-0.3, -0.25) is 0 Å². The maximum absolute atomic E-state index is 10.5. The Hall–Kier alpha value is -1.73. The molecule has 21 heavy (non-hydrogen) atoms. The number of benzene rings is 1. The normalized spacial score (nSPS) is 18.8. The standard InChI is InChI=1S/C17H23NO3/c1-11-9-12(2)16(13(3)14(11)10-18-19)20-8-6-7-15-17(4,5)21-15/h9,15H,6-8H2,1-5H3. The van der Waals surface area contributed by atoms with Crippen molar-refractivity contribution in [1.29, 1.82) is 0 Å². The molecule has 4 heteroatoms. The summed E-state index contributed by atoms with van der Waals surface area (Å²) in [6, 6.07) is 4.51. The molecule has 1 aromatic carbocycles. The number of epoxide rings is 1. The smallest absolute Gasteiger partial charge is 0.337 e. The Morgan fingerprint density at radius 3 is 2.57 bits per heavy atom. The van der Waals surface area contributed by atoms with Gasteiger partial charge in [-0.1, -0.05) is 6.07 Å². The molecule has 1 unspecified atom stereocenters. The average molecular weight is 289 g/mol. The van der Waals surface area contributed by atoms with Crippen molar-refractivity contribution in [2.24, 2.45) is 0 Å². The summed E-state index contributed by atoms with van der Waals surface area (Å²) in [4.78, 5) is 0. The minimum Gasteiger partial charge on any atom is -0.498 e. The number of hydrogen-bond acceptors (Lipinski definition) is 3. The van der Waals surface area contributed by atoms with Gasteiger partial charge in [0, 0.05) is 10.6 Å². The van der Waals surface area contributed by atoms with Crippen LogP contribution < -0.4 is 4.74 Å².